The van der Waals surface area contributed by atoms with E-state index in [1.807, 2.05) is 0 Å². The van der Waals surface area contributed by atoms with Crippen LogP contribution in [0.25, 0.3) is 0 Å². The van der Waals surface area contributed by atoms with E-state index in [-0.39, 0.29) is 19.5 Å². The summed E-state index contributed by atoms with van der Waals surface area (Å²) < 4.78 is 0. The number of carboxylic acid groups (broad SMARTS) is 2. The van der Waals surface area contributed by atoms with Gasteiger partial charge in [-0.2, -0.15) is 12.8 Å². The molecule has 0 radical (unpaired) electrons. The summed E-state index contributed by atoms with van der Waals surface area (Å²) in [5.74, 6) is -1.33. The van der Waals surface area contributed by atoms with Crippen molar-refractivity contribution in [2.45, 2.75) is 233 Å². The minimum absolute atomic E-state index is 0. The molecule has 0 heterocycles. The summed E-state index contributed by atoms with van der Waals surface area (Å²) in [6, 6.07) is 0. The molecule has 2 N–H and O–H groups in total. The zero-order valence-electron chi connectivity index (χ0n) is 33.8. The van der Waals surface area contributed by atoms with Crippen molar-refractivity contribution in [3.05, 3.63) is 38.2 Å². The summed E-state index contributed by atoms with van der Waals surface area (Å²) in [5, 5.41) is 17.0. The Morgan fingerprint density at radius 2 is 0.592 bits per heavy atom. The van der Waals surface area contributed by atoms with Crippen LogP contribution in [0.2, 0.25) is 0 Å². The molecule has 0 fully saturated rings. The van der Waals surface area contributed by atoms with Crippen LogP contribution in [-0.2, 0) is 29.1 Å². The molecule has 0 atom stereocenters. The molecule has 0 amide bonds. The fourth-order valence-electron chi connectivity index (χ4n) is 4.69. The number of hydrogen-bond acceptors (Lipinski definition) is 2. The molecular formula is C44H86O4Zn. The molecule has 0 aliphatic heterocycles. The molecule has 0 aliphatic rings. The molecule has 0 aromatic rings. The van der Waals surface area contributed by atoms with Gasteiger partial charge in [-0.05, 0) is 64.2 Å². The Labute approximate surface area is 321 Å². The third kappa shape index (κ3) is 77.7. The van der Waals surface area contributed by atoms with Gasteiger partial charge in [0.15, 0.2) is 0 Å². The average molecular weight is 745 g/mol. The van der Waals surface area contributed by atoms with Crippen molar-refractivity contribution in [1.29, 1.82) is 0 Å². The second-order valence-electron chi connectivity index (χ2n) is 13.2. The molecule has 0 spiro atoms. The van der Waals surface area contributed by atoms with Gasteiger partial charge in [0.1, 0.15) is 0 Å². The molecule has 288 valence electrons. The second kappa shape index (κ2) is 59.2. The summed E-state index contributed by atoms with van der Waals surface area (Å²) in [5.41, 5.74) is 0. The van der Waals surface area contributed by atoms with Crippen LogP contribution in [0.3, 0.4) is 0 Å². The summed E-state index contributed by atoms with van der Waals surface area (Å²) in [6.45, 7) is 16.0. The van der Waals surface area contributed by atoms with E-state index in [1.165, 1.54) is 154 Å². The normalized spacial score (nSPS) is 10.4. The number of allylic oxidation sites excluding steroid dienone is 4. The number of aliphatic carboxylic acids is 2. The van der Waals surface area contributed by atoms with E-state index in [4.69, 9.17) is 10.2 Å². The van der Waals surface area contributed by atoms with Gasteiger partial charge >= 0.3 is 31.4 Å². The minimum Gasteiger partial charge on any atom is -0.481 e. The molecule has 0 rings (SSSR count). The Bertz CT molecular complexity index is 574. The van der Waals surface area contributed by atoms with Gasteiger partial charge in [-0.1, -0.05) is 168 Å². The van der Waals surface area contributed by atoms with E-state index < -0.39 is 11.9 Å². The van der Waals surface area contributed by atoms with E-state index in [9.17, 15) is 9.59 Å². The van der Waals surface area contributed by atoms with Crippen molar-refractivity contribution < 1.29 is 39.3 Å². The molecule has 0 bridgehead atoms. The summed E-state index contributed by atoms with van der Waals surface area (Å²) in [4.78, 5) is 20.6. The van der Waals surface area contributed by atoms with Crippen LogP contribution in [0.5, 0.6) is 0 Å². The van der Waals surface area contributed by atoms with E-state index in [0.717, 1.165) is 38.5 Å². The van der Waals surface area contributed by atoms with Crippen LogP contribution in [0, 0.1) is 13.8 Å². The molecule has 0 aliphatic carbocycles. The van der Waals surface area contributed by atoms with Crippen LogP contribution in [0.15, 0.2) is 24.3 Å². The summed E-state index contributed by atoms with van der Waals surface area (Å²) >= 11 is 0. The molecule has 0 saturated carbocycles. The Kier molecular flexibility index (Phi) is 69.3. The molecule has 0 unspecified atom stereocenters. The zero-order valence-corrected chi connectivity index (χ0v) is 36.7. The minimum atomic E-state index is -0.664. The largest absolute Gasteiger partial charge is 2.00 e. The monoisotopic (exact) mass is 743 g/mol. The van der Waals surface area contributed by atoms with Crippen LogP contribution in [-0.4, -0.2) is 22.2 Å². The quantitative estimate of drug-likeness (QED) is 0.0311. The van der Waals surface area contributed by atoms with Crippen LogP contribution in [0.1, 0.15) is 233 Å². The maximum absolute atomic E-state index is 10.3. The predicted molar refractivity (Wildman–Crippen MR) is 215 cm³/mol. The molecule has 0 aromatic heterocycles. The zero-order chi connectivity index (χ0) is 36.6. The number of hydrogen-bond donors (Lipinski definition) is 2. The van der Waals surface area contributed by atoms with Gasteiger partial charge in [0.25, 0.3) is 0 Å². The Morgan fingerprint density at radius 1 is 0.388 bits per heavy atom. The van der Waals surface area contributed by atoms with E-state index in [2.05, 4.69) is 65.8 Å². The van der Waals surface area contributed by atoms with Crippen LogP contribution < -0.4 is 0 Å². The SMILES string of the molecule is CCCCCCCCC=CCCCCCCCC(=O)O.CCCCCCCCC=CCCCCCCCC(=O)O.[CH2-]CCC.[CH2-]CCC.[Zn+2]. The first-order chi connectivity index (χ1) is 23.4. The van der Waals surface area contributed by atoms with Crippen molar-refractivity contribution in [1.82, 2.24) is 0 Å². The first-order valence-corrected chi connectivity index (χ1v) is 20.7. The fraction of sp³-hybridized carbons (Fsp3) is 0.818. The van der Waals surface area contributed by atoms with Crippen molar-refractivity contribution in [2.75, 3.05) is 0 Å². The van der Waals surface area contributed by atoms with Gasteiger partial charge in [0.05, 0.1) is 0 Å². The summed E-state index contributed by atoms with van der Waals surface area (Å²) in [6.07, 6.45) is 47.0. The molecule has 49 heavy (non-hydrogen) atoms. The van der Waals surface area contributed by atoms with Crippen molar-refractivity contribution in [2.24, 2.45) is 0 Å². The molecule has 0 aromatic carbocycles. The van der Waals surface area contributed by atoms with E-state index >= 15 is 0 Å². The molecule has 0 saturated heterocycles. The molecule has 4 nitrogen and oxygen atoms in total. The second-order valence-corrected chi connectivity index (χ2v) is 13.2. The maximum atomic E-state index is 10.3. The predicted octanol–water partition coefficient (Wildman–Crippen LogP) is 15.5. The first-order valence-electron chi connectivity index (χ1n) is 20.7. The fourth-order valence-corrected chi connectivity index (χ4v) is 4.69. The number of carbonyl (C=O) groups is 2. The van der Waals surface area contributed by atoms with Crippen LogP contribution >= 0.6 is 0 Å². The van der Waals surface area contributed by atoms with Crippen molar-refractivity contribution in [3.63, 3.8) is 0 Å². The number of unbranched alkanes of at least 4 members (excludes halogenated alkanes) is 24. The van der Waals surface area contributed by atoms with Gasteiger partial charge in [-0.15, -0.1) is 0 Å². The van der Waals surface area contributed by atoms with Crippen molar-refractivity contribution >= 4 is 11.9 Å². The van der Waals surface area contributed by atoms with Gasteiger partial charge in [0, 0.05) is 12.8 Å². The van der Waals surface area contributed by atoms with Gasteiger partial charge in [-0.25, -0.2) is 0 Å². The smallest absolute Gasteiger partial charge is 0.481 e. The maximum Gasteiger partial charge on any atom is 2.00 e. The Hall–Kier alpha value is -0.957. The third-order valence-corrected chi connectivity index (χ3v) is 8.01. The Balaban J connectivity index is -0.000000212. The van der Waals surface area contributed by atoms with Gasteiger partial charge < -0.3 is 24.1 Å². The van der Waals surface area contributed by atoms with Crippen LogP contribution in [0.4, 0.5) is 0 Å². The number of rotatable bonds is 32. The van der Waals surface area contributed by atoms with Gasteiger partial charge in [-0.3, -0.25) is 9.59 Å². The van der Waals surface area contributed by atoms with E-state index in [1.54, 1.807) is 0 Å². The number of carboxylic acids is 2. The Morgan fingerprint density at radius 3 is 0.796 bits per heavy atom. The topological polar surface area (TPSA) is 74.6 Å². The molecule has 5 heteroatoms. The van der Waals surface area contributed by atoms with E-state index in [0.29, 0.717) is 12.8 Å². The standard InChI is InChI=1S/2C18H34O2.2C4H9.Zn/c2*1-2-3-4-5-6-7-8-9-10-11-12-13-14-15-16-17-18(19)20;2*1-3-4-2;/h2*9-10H,2-8,11-17H2,1H3,(H,19,20);2*1,3-4H2,2H3;/q;;2*-1;+2. The average Bonchev–Trinajstić information content (AvgIpc) is 3.08. The first kappa shape index (κ1) is 57.4. The third-order valence-electron chi connectivity index (χ3n) is 8.01. The molecular weight excluding hydrogens is 658 g/mol. The van der Waals surface area contributed by atoms with Crippen molar-refractivity contribution in [3.8, 4) is 0 Å². The summed E-state index contributed by atoms with van der Waals surface area (Å²) in [7, 11) is 0. The van der Waals surface area contributed by atoms with Gasteiger partial charge in [0.2, 0.25) is 0 Å².